The van der Waals surface area contributed by atoms with Crippen LogP contribution in [0.2, 0.25) is 0 Å². The summed E-state index contributed by atoms with van der Waals surface area (Å²) in [6.45, 7) is 4.17. The summed E-state index contributed by atoms with van der Waals surface area (Å²) in [7, 11) is 0. The molecule has 96 valence electrons. The average Bonchev–Trinajstić information content (AvgIpc) is 2.19. The molecule has 0 aromatic heterocycles. The van der Waals surface area contributed by atoms with Gasteiger partial charge in [-0.2, -0.15) is 0 Å². The molecule has 0 bridgehead atoms. The number of aliphatic hydroxyl groups is 6. The normalized spacial score (nSPS) is 15.0. The summed E-state index contributed by atoms with van der Waals surface area (Å²) in [4.78, 5) is 0. The standard InChI is InChI=1S/3C3H8O2/c3*1-3(5)2-4/h3*3-5H,2H2,1H3. The van der Waals surface area contributed by atoms with Crippen LogP contribution in [-0.4, -0.2) is 68.8 Å². The zero-order valence-electron chi connectivity index (χ0n) is 9.54. The van der Waals surface area contributed by atoms with Crippen molar-refractivity contribution < 1.29 is 30.6 Å². The van der Waals surface area contributed by atoms with Crippen molar-refractivity contribution in [2.24, 2.45) is 0 Å². The minimum Gasteiger partial charge on any atom is -0.394 e. The lowest BCUT2D eigenvalue weighted by Gasteiger charge is -1.90. The summed E-state index contributed by atoms with van der Waals surface area (Å²) in [5.41, 5.74) is 0. The molecule has 0 fully saturated rings. The van der Waals surface area contributed by atoms with Gasteiger partial charge in [0.25, 0.3) is 0 Å². The molecule has 6 nitrogen and oxygen atoms in total. The third-order valence-corrected chi connectivity index (χ3v) is 0.793. The topological polar surface area (TPSA) is 121 Å². The van der Waals surface area contributed by atoms with Crippen molar-refractivity contribution in [1.29, 1.82) is 0 Å². The molecule has 6 N–H and O–H groups in total. The molecule has 0 saturated carbocycles. The Bertz CT molecular complexity index is 75.6. The van der Waals surface area contributed by atoms with E-state index in [4.69, 9.17) is 30.6 Å². The van der Waals surface area contributed by atoms with Gasteiger partial charge >= 0.3 is 0 Å². The van der Waals surface area contributed by atoms with Crippen LogP contribution in [-0.2, 0) is 0 Å². The molecule has 3 unspecified atom stereocenters. The summed E-state index contributed by atoms with van der Waals surface area (Å²) in [5.74, 6) is 0. The van der Waals surface area contributed by atoms with Crippen LogP contribution in [0, 0.1) is 0 Å². The van der Waals surface area contributed by atoms with Crippen molar-refractivity contribution in [2.75, 3.05) is 19.8 Å². The highest BCUT2D eigenvalue weighted by molar-refractivity contribution is 4.34. The van der Waals surface area contributed by atoms with E-state index in [0.717, 1.165) is 0 Å². The van der Waals surface area contributed by atoms with Crippen LogP contribution in [0.3, 0.4) is 0 Å². The second kappa shape index (κ2) is 16.2. The molecule has 0 radical (unpaired) electrons. The van der Waals surface area contributed by atoms with Crippen LogP contribution in [0.25, 0.3) is 0 Å². The summed E-state index contributed by atoms with van der Waals surface area (Å²) in [5, 5.41) is 48.0. The van der Waals surface area contributed by atoms with Gasteiger partial charge in [0.05, 0.1) is 38.1 Å². The van der Waals surface area contributed by atoms with E-state index in [1.807, 2.05) is 0 Å². The van der Waals surface area contributed by atoms with Crippen LogP contribution in [0.5, 0.6) is 0 Å². The summed E-state index contributed by atoms with van der Waals surface area (Å²) < 4.78 is 0. The van der Waals surface area contributed by atoms with Crippen LogP contribution in [0.15, 0.2) is 0 Å². The van der Waals surface area contributed by atoms with Gasteiger partial charge in [-0.05, 0) is 20.8 Å². The third-order valence-electron chi connectivity index (χ3n) is 0.793. The Hall–Kier alpha value is -0.240. The minimum atomic E-state index is -0.560. The highest BCUT2D eigenvalue weighted by Crippen LogP contribution is 1.69. The van der Waals surface area contributed by atoms with E-state index in [9.17, 15) is 0 Å². The molecule has 0 aliphatic rings. The Morgan fingerprint density at radius 1 is 0.600 bits per heavy atom. The molecular weight excluding hydrogens is 204 g/mol. The Morgan fingerprint density at radius 3 is 0.667 bits per heavy atom. The maximum atomic E-state index is 8.11. The molecule has 0 aromatic carbocycles. The lowest BCUT2D eigenvalue weighted by Crippen LogP contribution is -2.03. The Morgan fingerprint density at radius 2 is 0.667 bits per heavy atom. The maximum Gasteiger partial charge on any atom is 0.0742 e. The smallest absolute Gasteiger partial charge is 0.0742 e. The second-order valence-electron chi connectivity index (χ2n) is 3.09. The largest absolute Gasteiger partial charge is 0.394 e. The van der Waals surface area contributed by atoms with Gasteiger partial charge in [-0.25, -0.2) is 0 Å². The lowest BCUT2D eigenvalue weighted by molar-refractivity contribution is 0.110. The van der Waals surface area contributed by atoms with Crippen molar-refractivity contribution in [2.45, 2.75) is 39.1 Å². The first-order chi connectivity index (χ1) is 6.81. The molecule has 0 amide bonds. The Labute approximate surface area is 90.4 Å². The Balaban J connectivity index is -0.000000144. The predicted molar refractivity (Wildman–Crippen MR) is 56.3 cm³/mol. The molecule has 0 aliphatic carbocycles. The zero-order chi connectivity index (χ0) is 12.9. The van der Waals surface area contributed by atoms with Gasteiger partial charge < -0.3 is 30.6 Å². The van der Waals surface area contributed by atoms with E-state index in [1.54, 1.807) is 0 Å². The van der Waals surface area contributed by atoms with E-state index in [1.165, 1.54) is 20.8 Å². The zero-order valence-corrected chi connectivity index (χ0v) is 9.54. The van der Waals surface area contributed by atoms with Crippen LogP contribution >= 0.6 is 0 Å². The van der Waals surface area contributed by atoms with Crippen molar-refractivity contribution >= 4 is 0 Å². The fourth-order valence-electron chi connectivity index (χ4n) is 0. The second-order valence-corrected chi connectivity index (χ2v) is 3.09. The van der Waals surface area contributed by atoms with Crippen LogP contribution in [0.4, 0.5) is 0 Å². The summed E-state index contributed by atoms with van der Waals surface area (Å²) >= 11 is 0. The van der Waals surface area contributed by atoms with Gasteiger partial charge in [0, 0.05) is 0 Å². The molecular formula is C9H24O6. The molecule has 6 heteroatoms. The number of rotatable bonds is 3. The highest BCUT2D eigenvalue weighted by Gasteiger charge is 1.84. The van der Waals surface area contributed by atoms with Gasteiger partial charge in [-0.1, -0.05) is 0 Å². The van der Waals surface area contributed by atoms with Crippen molar-refractivity contribution in [3.63, 3.8) is 0 Å². The molecule has 0 spiro atoms. The van der Waals surface area contributed by atoms with Crippen LogP contribution < -0.4 is 0 Å². The number of aliphatic hydroxyl groups excluding tert-OH is 6. The minimum absolute atomic E-state index is 0.139. The number of hydrogen-bond donors (Lipinski definition) is 6. The first kappa shape index (κ1) is 20.2. The average molecular weight is 228 g/mol. The SMILES string of the molecule is CC(O)CO.CC(O)CO.CC(O)CO. The first-order valence-electron chi connectivity index (χ1n) is 4.68. The maximum absolute atomic E-state index is 8.11. The third kappa shape index (κ3) is 57.4. The molecule has 0 rings (SSSR count). The molecule has 0 heterocycles. The van der Waals surface area contributed by atoms with Gasteiger partial charge in [0.2, 0.25) is 0 Å². The molecule has 0 aromatic rings. The van der Waals surface area contributed by atoms with Gasteiger partial charge in [-0.3, -0.25) is 0 Å². The van der Waals surface area contributed by atoms with Crippen LogP contribution in [0.1, 0.15) is 20.8 Å². The number of hydrogen-bond acceptors (Lipinski definition) is 6. The molecule has 0 saturated heterocycles. The summed E-state index contributed by atoms with van der Waals surface area (Å²) in [6.07, 6.45) is -1.68. The highest BCUT2D eigenvalue weighted by atomic mass is 16.3. The van der Waals surface area contributed by atoms with E-state index >= 15 is 0 Å². The fourth-order valence-corrected chi connectivity index (χ4v) is 0. The van der Waals surface area contributed by atoms with E-state index in [-0.39, 0.29) is 19.8 Å². The molecule has 0 aliphatic heterocycles. The van der Waals surface area contributed by atoms with Crippen molar-refractivity contribution in [1.82, 2.24) is 0 Å². The van der Waals surface area contributed by atoms with Gasteiger partial charge in [0.1, 0.15) is 0 Å². The predicted octanol–water partition coefficient (Wildman–Crippen LogP) is -1.92. The van der Waals surface area contributed by atoms with Gasteiger partial charge in [-0.15, -0.1) is 0 Å². The molecule has 15 heavy (non-hydrogen) atoms. The fraction of sp³-hybridized carbons (Fsp3) is 1.00. The van der Waals surface area contributed by atoms with Crippen molar-refractivity contribution in [3.05, 3.63) is 0 Å². The van der Waals surface area contributed by atoms with Crippen molar-refractivity contribution in [3.8, 4) is 0 Å². The Kier molecular flexibility index (Phi) is 21.8. The van der Waals surface area contributed by atoms with E-state index in [2.05, 4.69) is 0 Å². The monoisotopic (exact) mass is 228 g/mol. The lowest BCUT2D eigenvalue weighted by atomic mass is 10.5. The molecule has 3 atom stereocenters. The summed E-state index contributed by atoms with van der Waals surface area (Å²) in [6, 6.07) is 0. The van der Waals surface area contributed by atoms with E-state index < -0.39 is 18.3 Å². The first-order valence-corrected chi connectivity index (χ1v) is 4.68. The van der Waals surface area contributed by atoms with E-state index in [0.29, 0.717) is 0 Å². The quantitative estimate of drug-likeness (QED) is 0.335. The van der Waals surface area contributed by atoms with Gasteiger partial charge in [0.15, 0.2) is 0 Å².